The number of aromatic amines is 1. The number of nitrogens with zero attached hydrogens (tertiary/aromatic N) is 2. The van der Waals surface area contributed by atoms with Crippen molar-refractivity contribution in [2.45, 2.75) is 13.0 Å². The van der Waals surface area contributed by atoms with Crippen LogP contribution in [0.3, 0.4) is 0 Å². The van der Waals surface area contributed by atoms with Crippen LogP contribution in [-0.4, -0.2) is 14.8 Å². The molecule has 4 heteroatoms. The van der Waals surface area contributed by atoms with Crippen molar-refractivity contribution >= 4 is 12.2 Å². The molecule has 1 atom stereocenters. The number of hydrogen-bond acceptors (Lipinski definition) is 2. The van der Waals surface area contributed by atoms with E-state index in [1.165, 1.54) is 0 Å². The highest BCUT2D eigenvalue weighted by molar-refractivity contribution is 7.71. The van der Waals surface area contributed by atoms with Gasteiger partial charge in [0.1, 0.15) is 0 Å². The number of nitrogens with one attached hydrogen (secondary N) is 1. The van der Waals surface area contributed by atoms with Crippen LogP contribution in [0.1, 0.15) is 13.0 Å². The Hall–Kier alpha value is -1.68. The van der Waals surface area contributed by atoms with E-state index in [2.05, 4.69) is 16.8 Å². The first-order chi connectivity index (χ1) is 7.74. The standard InChI is InChI=1S/C12H13N3S/c1-3-9(2)15-11(13-14-12(15)16)10-7-5-4-6-8-10/h3-9H,1H2,2H3,(H,14,16). The summed E-state index contributed by atoms with van der Waals surface area (Å²) in [6, 6.07) is 10.1. The van der Waals surface area contributed by atoms with Gasteiger partial charge in [0.25, 0.3) is 0 Å². The third kappa shape index (κ3) is 1.84. The number of benzene rings is 1. The van der Waals surface area contributed by atoms with Crippen LogP contribution in [0, 0.1) is 4.77 Å². The van der Waals surface area contributed by atoms with Crippen LogP contribution < -0.4 is 0 Å². The Morgan fingerprint density at radius 3 is 2.75 bits per heavy atom. The molecule has 0 radical (unpaired) electrons. The highest BCUT2D eigenvalue weighted by Crippen LogP contribution is 2.20. The molecule has 1 N–H and O–H groups in total. The third-order valence-electron chi connectivity index (χ3n) is 2.48. The van der Waals surface area contributed by atoms with E-state index in [0.717, 1.165) is 11.4 Å². The fraction of sp³-hybridized carbons (Fsp3) is 0.167. The first kappa shape index (κ1) is 10.8. The number of hydrogen-bond donors (Lipinski definition) is 1. The van der Waals surface area contributed by atoms with E-state index in [9.17, 15) is 0 Å². The maximum Gasteiger partial charge on any atom is 0.195 e. The highest BCUT2D eigenvalue weighted by Gasteiger charge is 2.11. The highest BCUT2D eigenvalue weighted by atomic mass is 32.1. The summed E-state index contributed by atoms with van der Waals surface area (Å²) >= 11 is 5.21. The van der Waals surface area contributed by atoms with Gasteiger partial charge in [0, 0.05) is 5.56 Å². The summed E-state index contributed by atoms with van der Waals surface area (Å²) in [5, 5.41) is 7.07. The Kier molecular flexibility index (Phi) is 3.01. The normalized spacial score (nSPS) is 12.3. The Balaban J connectivity index is 2.59. The topological polar surface area (TPSA) is 33.6 Å². The van der Waals surface area contributed by atoms with E-state index in [-0.39, 0.29) is 6.04 Å². The minimum Gasteiger partial charge on any atom is -0.293 e. The number of allylic oxidation sites excluding steroid dienone is 1. The van der Waals surface area contributed by atoms with Crippen molar-refractivity contribution in [2.24, 2.45) is 0 Å². The zero-order chi connectivity index (χ0) is 11.5. The molecule has 0 aliphatic rings. The van der Waals surface area contributed by atoms with Gasteiger partial charge in [-0.2, -0.15) is 5.10 Å². The molecule has 0 spiro atoms. The van der Waals surface area contributed by atoms with Crippen molar-refractivity contribution in [2.75, 3.05) is 0 Å². The molecular formula is C12H13N3S. The molecule has 82 valence electrons. The molecule has 0 bridgehead atoms. The van der Waals surface area contributed by atoms with Gasteiger partial charge in [-0.3, -0.25) is 9.67 Å². The number of aromatic nitrogens is 3. The number of H-pyrrole nitrogens is 1. The largest absolute Gasteiger partial charge is 0.293 e. The monoisotopic (exact) mass is 231 g/mol. The summed E-state index contributed by atoms with van der Waals surface area (Å²) in [5.74, 6) is 0.845. The molecule has 3 nitrogen and oxygen atoms in total. The van der Waals surface area contributed by atoms with Crippen molar-refractivity contribution in [3.8, 4) is 11.4 Å². The Morgan fingerprint density at radius 2 is 2.12 bits per heavy atom. The van der Waals surface area contributed by atoms with Gasteiger partial charge >= 0.3 is 0 Å². The second-order valence-corrected chi connectivity index (χ2v) is 3.95. The fourth-order valence-corrected chi connectivity index (χ4v) is 1.88. The first-order valence-electron chi connectivity index (χ1n) is 5.09. The van der Waals surface area contributed by atoms with Crippen molar-refractivity contribution in [1.82, 2.24) is 14.8 Å². The lowest BCUT2D eigenvalue weighted by Crippen LogP contribution is -2.04. The van der Waals surface area contributed by atoms with Crippen LogP contribution in [0.2, 0.25) is 0 Å². The molecule has 0 amide bonds. The quantitative estimate of drug-likeness (QED) is 0.649. The zero-order valence-corrected chi connectivity index (χ0v) is 9.87. The molecule has 0 fully saturated rings. The first-order valence-corrected chi connectivity index (χ1v) is 5.49. The van der Waals surface area contributed by atoms with Crippen LogP contribution >= 0.6 is 12.2 Å². The summed E-state index contributed by atoms with van der Waals surface area (Å²) < 4.78 is 2.57. The van der Waals surface area contributed by atoms with Crippen LogP contribution in [-0.2, 0) is 0 Å². The average molecular weight is 231 g/mol. The van der Waals surface area contributed by atoms with Crippen LogP contribution in [0.5, 0.6) is 0 Å². The zero-order valence-electron chi connectivity index (χ0n) is 9.05. The van der Waals surface area contributed by atoms with Gasteiger partial charge in [0.05, 0.1) is 6.04 Å². The van der Waals surface area contributed by atoms with Gasteiger partial charge in [-0.15, -0.1) is 6.58 Å². The van der Waals surface area contributed by atoms with Gasteiger partial charge in [0.15, 0.2) is 10.6 Å². The molecule has 0 aliphatic carbocycles. The molecule has 2 rings (SSSR count). The second kappa shape index (κ2) is 4.45. The summed E-state index contributed by atoms with van der Waals surface area (Å²) in [6.07, 6.45) is 1.84. The summed E-state index contributed by atoms with van der Waals surface area (Å²) in [4.78, 5) is 0. The third-order valence-corrected chi connectivity index (χ3v) is 2.77. The van der Waals surface area contributed by atoms with Gasteiger partial charge in [-0.1, -0.05) is 36.4 Å². The summed E-state index contributed by atoms with van der Waals surface area (Å²) in [6.45, 7) is 5.82. The molecule has 1 unspecified atom stereocenters. The minimum atomic E-state index is 0.126. The van der Waals surface area contributed by atoms with Crippen LogP contribution in [0.4, 0.5) is 0 Å². The molecule has 1 heterocycles. The molecule has 0 saturated carbocycles. The van der Waals surface area contributed by atoms with Crippen LogP contribution in [0.25, 0.3) is 11.4 Å². The minimum absolute atomic E-state index is 0.126. The maximum absolute atomic E-state index is 5.21. The molecular weight excluding hydrogens is 218 g/mol. The molecule has 1 aromatic carbocycles. The SMILES string of the molecule is C=CC(C)n1c(-c2ccccc2)n[nH]c1=S. The Morgan fingerprint density at radius 1 is 1.44 bits per heavy atom. The van der Waals surface area contributed by atoms with E-state index < -0.39 is 0 Å². The van der Waals surface area contributed by atoms with E-state index in [0.29, 0.717) is 4.77 Å². The van der Waals surface area contributed by atoms with E-state index in [1.807, 2.05) is 47.9 Å². The van der Waals surface area contributed by atoms with E-state index in [4.69, 9.17) is 12.2 Å². The van der Waals surface area contributed by atoms with E-state index in [1.54, 1.807) is 0 Å². The van der Waals surface area contributed by atoms with Gasteiger partial charge in [0.2, 0.25) is 0 Å². The van der Waals surface area contributed by atoms with Crippen LogP contribution in [0.15, 0.2) is 43.0 Å². The Bertz CT molecular complexity index is 539. The lowest BCUT2D eigenvalue weighted by atomic mass is 10.2. The molecule has 2 aromatic rings. The Labute approximate surface area is 99.4 Å². The van der Waals surface area contributed by atoms with Crippen molar-refractivity contribution in [3.05, 3.63) is 47.8 Å². The van der Waals surface area contributed by atoms with Gasteiger partial charge in [-0.25, -0.2) is 0 Å². The smallest absolute Gasteiger partial charge is 0.195 e. The summed E-state index contributed by atoms with van der Waals surface area (Å²) in [7, 11) is 0. The molecule has 1 aromatic heterocycles. The lowest BCUT2D eigenvalue weighted by Gasteiger charge is -2.10. The van der Waals surface area contributed by atoms with E-state index >= 15 is 0 Å². The lowest BCUT2D eigenvalue weighted by molar-refractivity contribution is 0.657. The van der Waals surface area contributed by atoms with Gasteiger partial charge in [-0.05, 0) is 19.1 Å². The fourth-order valence-electron chi connectivity index (χ4n) is 1.58. The predicted octanol–water partition coefficient (Wildman–Crippen LogP) is 3.35. The average Bonchev–Trinajstić information content (AvgIpc) is 2.71. The molecule has 0 saturated heterocycles. The predicted molar refractivity (Wildman–Crippen MR) is 67.8 cm³/mol. The van der Waals surface area contributed by atoms with Gasteiger partial charge < -0.3 is 0 Å². The second-order valence-electron chi connectivity index (χ2n) is 3.56. The number of rotatable bonds is 3. The summed E-state index contributed by atoms with van der Waals surface area (Å²) in [5.41, 5.74) is 1.04. The maximum atomic E-state index is 5.21. The van der Waals surface area contributed by atoms with Crippen molar-refractivity contribution in [1.29, 1.82) is 0 Å². The van der Waals surface area contributed by atoms with Crippen molar-refractivity contribution < 1.29 is 0 Å². The molecule has 0 aliphatic heterocycles. The molecule has 16 heavy (non-hydrogen) atoms. The van der Waals surface area contributed by atoms with Crippen molar-refractivity contribution in [3.63, 3.8) is 0 Å².